The van der Waals surface area contributed by atoms with Gasteiger partial charge in [-0.05, 0) is 38.1 Å². The summed E-state index contributed by atoms with van der Waals surface area (Å²) in [5.74, 6) is -0.952. The van der Waals surface area contributed by atoms with Gasteiger partial charge in [-0.15, -0.1) is 0 Å². The molecule has 2 aromatic rings. The number of nitrogens with two attached hydrogens (primary N) is 1. The van der Waals surface area contributed by atoms with E-state index in [1.807, 2.05) is 18.4 Å². The zero-order valence-electron chi connectivity index (χ0n) is 14.5. The third kappa shape index (κ3) is 4.41. The average molecular weight is 365 g/mol. The van der Waals surface area contributed by atoms with E-state index < -0.39 is 5.97 Å². The SMILES string of the molecule is COCCn1c(C)cc(C(=O)COC(=O)c2cc(Cl)ccc2N)c1C. The van der Waals surface area contributed by atoms with Crippen molar-refractivity contribution in [2.75, 3.05) is 26.1 Å². The summed E-state index contributed by atoms with van der Waals surface area (Å²) in [6, 6.07) is 6.30. The molecule has 0 unspecified atom stereocenters. The average Bonchev–Trinajstić information content (AvgIpc) is 2.87. The van der Waals surface area contributed by atoms with Crippen LogP contribution in [0, 0.1) is 13.8 Å². The van der Waals surface area contributed by atoms with Gasteiger partial charge >= 0.3 is 5.97 Å². The number of esters is 1. The highest BCUT2D eigenvalue weighted by atomic mass is 35.5. The van der Waals surface area contributed by atoms with Crippen molar-refractivity contribution in [1.82, 2.24) is 4.57 Å². The quantitative estimate of drug-likeness (QED) is 0.464. The fourth-order valence-electron chi connectivity index (χ4n) is 2.60. The predicted octanol–water partition coefficient (Wildman–Crippen LogP) is 3.03. The van der Waals surface area contributed by atoms with E-state index in [0.717, 1.165) is 11.4 Å². The van der Waals surface area contributed by atoms with Crippen LogP contribution < -0.4 is 5.73 Å². The Balaban J connectivity index is 2.07. The molecule has 0 atom stereocenters. The molecule has 25 heavy (non-hydrogen) atoms. The topological polar surface area (TPSA) is 83.5 Å². The summed E-state index contributed by atoms with van der Waals surface area (Å²) in [4.78, 5) is 24.5. The van der Waals surface area contributed by atoms with E-state index in [0.29, 0.717) is 23.7 Å². The molecule has 1 heterocycles. The second-order valence-electron chi connectivity index (χ2n) is 5.66. The zero-order chi connectivity index (χ0) is 18.6. The number of Topliss-reactive ketones (excluding diaryl/α,β-unsaturated/α-hetero) is 1. The maximum absolute atomic E-state index is 12.4. The van der Waals surface area contributed by atoms with Crippen LogP contribution in [0.25, 0.3) is 0 Å². The van der Waals surface area contributed by atoms with Gasteiger partial charge in [-0.3, -0.25) is 4.79 Å². The van der Waals surface area contributed by atoms with Crippen LogP contribution in [0.5, 0.6) is 0 Å². The molecule has 2 N–H and O–H groups in total. The van der Waals surface area contributed by atoms with Gasteiger partial charge in [-0.1, -0.05) is 11.6 Å². The number of aryl methyl sites for hydroxylation is 1. The number of nitrogens with zero attached hydrogens (tertiary/aromatic N) is 1. The van der Waals surface area contributed by atoms with Crippen LogP contribution in [0.15, 0.2) is 24.3 Å². The molecule has 1 aromatic carbocycles. The van der Waals surface area contributed by atoms with E-state index in [2.05, 4.69) is 0 Å². The number of hydrogen-bond acceptors (Lipinski definition) is 5. The number of rotatable bonds is 7. The third-order valence-corrected chi connectivity index (χ3v) is 4.20. The molecule has 134 valence electrons. The number of methoxy groups -OCH3 is 1. The van der Waals surface area contributed by atoms with Crippen molar-refractivity contribution in [3.63, 3.8) is 0 Å². The predicted molar refractivity (Wildman–Crippen MR) is 96.3 cm³/mol. The molecule has 0 saturated carbocycles. The minimum absolute atomic E-state index is 0.144. The number of anilines is 1. The minimum Gasteiger partial charge on any atom is -0.454 e. The molecule has 0 saturated heterocycles. The second-order valence-corrected chi connectivity index (χ2v) is 6.10. The summed E-state index contributed by atoms with van der Waals surface area (Å²) in [6.07, 6.45) is 0. The maximum Gasteiger partial charge on any atom is 0.340 e. The molecule has 0 amide bonds. The molecule has 0 bridgehead atoms. The molecule has 6 nitrogen and oxygen atoms in total. The first-order chi connectivity index (χ1) is 11.8. The highest BCUT2D eigenvalue weighted by Crippen LogP contribution is 2.20. The Morgan fingerprint density at radius 1 is 1.20 bits per heavy atom. The number of ketones is 1. The lowest BCUT2D eigenvalue weighted by atomic mass is 10.1. The van der Waals surface area contributed by atoms with Crippen molar-refractivity contribution in [1.29, 1.82) is 0 Å². The summed E-state index contributed by atoms with van der Waals surface area (Å²) in [6.45, 7) is 4.61. The van der Waals surface area contributed by atoms with Gasteiger partial charge in [0.25, 0.3) is 0 Å². The van der Waals surface area contributed by atoms with E-state index in [-0.39, 0.29) is 23.6 Å². The van der Waals surface area contributed by atoms with Crippen LogP contribution in [0.1, 0.15) is 32.1 Å². The summed E-state index contributed by atoms with van der Waals surface area (Å²) in [7, 11) is 1.63. The van der Waals surface area contributed by atoms with Crippen LogP contribution in [0.4, 0.5) is 5.69 Å². The first kappa shape index (κ1) is 19.0. The fraction of sp³-hybridized carbons (Fsp3) is 0.333. The van der Waals surface area contributed by atoms with Crippen LogP contribution in [-0.2, 0) is 16.0 Å². The molecule has 1 aromatic heterocycles. The number of ether oxygens (including phenoxy) is 2. The van der Waals surface area contributed by atoms with Crippen molar-refractivity contribution in [3.05, 3.63) is 51.8 Å². The molecule has 7 heteroatoms. The Hall–Kier alpha value is -2.31. The van der Waals surface area contributed by atoms with Crippen molar-refractivity contribution in [2.45, 2.75) is 20.4 Å². The maximum atomic E-state index is 12.4. The Labute approximate surface area is 151 Å². The number of aromatic nitrogens is 1. The van der Waals surface area contributed by atoms with Crippen molar-refractivity contribution < 1.29 is 19.1 Å². The Morgan fingerprint density at radius 2 is 1.92 bits per heavy atom. The van der Waals surface area contributed by atoms with Crippen LogP contribution in [0.2, 0.25) is 5.02 Å². The summed E-state index contributed by atoms with van der Waals surface area (Å²) >= 11 is 5.86. The lowest BCUT2D eigenvalue weighted by molar-refractivity contribution is 0.0475. The van der Waals surface area contributed by atoms with Gasteiger partial charge < -0.3 is 19.8 Å². The molecule has 0 spiro atoms. The normalized spacial score (nSPS) is 10.7. The fourth-order valence-corrected chi connectivity index (χ4v) is 2.77. The zero-order valence-corrected chi connectivity index (χ0v) is 15.2. The molecule has 0 aliphatic carbocycles. The highest BCUT2D eigenvalue weighted by molar-refractivity contribution is 6.31. The third-order valence-electron chi connectivity index (χ3n) is 3.96. The highest BCUT2D eigenvalue weighted by Gasteiger charge is 2.19. The van der Waals surface area contributed by atoms with Gasteiger partial charge in [0.15, 0.2) is 6.61 Å². The molecule has 0 aliphatic heterocycles. The summed E-state index contributed by atoms with van der Waals surface area (Å²) in [5, 5.41) is 0.370. The number of nitrogen functional groups attached to an aromatic ring is 1. The lowest BCUT2D eigenvalue weighted by Gasteiger charge is -2.09. The Kier molecular flexibility index (Phi) is 6.22. The van der Waals surface area contributed by atoms with Gasteiger partial charge in [0.05, 0.1) is 12.2 Å². The number of benzene rings is 1. The molecule has 2 rings (SSSR count). The number of carbonyl (C=O) groups excluding carboxylic acids is 2. The second kappa shape index (κ2) is 8.18. The summed E-state index contributed by atoms with van der Waals surface area (Å²) in [5.41, 5.74) is 8.43. The van der Waals surface area contributed by atoms with E-state index >= 15 is 0 Å². The molecular weight excluding hydrogens is 344 g/mol. The van der Waals surface area contributed by atoms with Crippen molar-refractivity contribution >= 4 is 29.0 Å². The van der Waals surface area contributed by atoms with Crippen molar-refractivity contribution in [2.24, 2.45) is 0 Å². The Morgan fingerprint density at radius 3 is 2.60 bits per heavy atom. The monoisotopic (exact) mass is 364 g/mol. The first-order valence-corrected chi connectivity index (χ1v) is 8.14. The van der Waals surface area contributed by atoms with Gasteiger partial charge in [-0.2, -0.15) is 0 Å². The van der Waals surface area contributed by atoms with E-state index in [1.54, 1.807) is 19.2 Å². The molecular formula is C18H21ClN2O4. The molecule has 0 aliphatic rings. The minimum atomic E-state index is -0.679. The Bertz CT molecular complexity index is 799. The van der Waals surface area contributed by atoms with E-state index in [1.165, 1.54) is 12.1 Å². The van der Waals surface area contributed by atoms with Crippen LogP contribution in [0.3, 0.4) is 0 Å². The van der Waals surface area contributed by atoms with Crippen molar-refractivity contribution in [3.8, 4) is 0 Å². The van der Waals surface area contributed by atoms with Crippen LogP contribution >= 0.6 is 11.6 Å². The molecule has 0 fully saturated rings. The standard InChI is InChI=1S/C18H21ClN2O4/c1-11-8-14(12(2)21(11)6-7-24-3)17(22)10-25-18(23)15-9-13(19)4-5-16(15)20/h4-5,8-9H,6-7,10,20H2,1-3H3. The smallest absolute Gasteiger partial charge is 0.340 e. The van der Waals surface area contributed by atoms with Gasteiger partial charge in [-0.25, -0.2) is 4.79 Å². The van der Waals surface area contributed by atoms with E-state index in [9.17, 15) is 9.59 Å². The van der Waals surface area contributed by atoms with Gasteiger partial charge in [0, 0.05) is 41.3 Å². The first-order valence-electron chi connectivity index (χ1n) is 7.76. The number of halogens is 1. The largest absolute Gasteiger partial charge is 0.454 e. The lowest BCUT2D eigenvalue weighted by Crippen LogP contribution is -2.16. The van der Waals surface area contributed by atoms with Gasteiger partial charge in [0.1, 0.15) is 0 Å². The summed E-state index contributed by atoms with van der Waals surface area (Å²) < 4.78 is 12.2. The number of carbonyl (C=O) groups is 2. The van der Waals surface area contributed by atoms with E-state index in [4.69, 9.17) is 26.8 Å². The molecule has 0 radical (unpaired) electrons. The van der Waals surface area contributed by atoms with Gasteiger partial charge in [0.2, 0.25) is 5.78 Å². The number of hydrogen-bond donors (Lipinski definition) is 1. The van der Waals surface area contributed by atoms with Crippen LogP contribution in [-0.4, -0.2) is 36.6 Å².